The number of carbonyl (C=O) groups excluding carboxylic acids is 4. The third-order valence-electron chi connectivity index (χ3n) is 11.4. The van der Waals surface area contributed by atoms with E-state index in [0.717, 1.165) is 0 Å². The van der Waals surface area contributed by atoms with E-state index in [-0.39, 0.29) is 36.3 Å². The van der Waals surface area contributed by atoms with Crippen LogP contribution in [0, 0.1) is 32.5 Å². The largest absolute Gasteiger partial charge is 0.426 e. The van der Waals surface area contributed by atoms with E-state index in [1.165, 1.54) is 0 Å². The van der Waals surface area contributed by atoms with Gasteiger partial charge in [0.1, 0.15) is 23.1 Å². The van der Waals surface area contributed by atoms with E-state index < -0.39 is 32.5 Å². The minimum absolute atomic E-state index is 0.138. The Hall–Kier alpha value is -2.50. The van der Waals surface area contributed by atoms with Crippen LogP contribution < -0.4 is 9.47 Å². The second-order valence-electron chi connectivity index (χ2n) is 12.5. The summed E-state index contributed by atoms with van der Waals surface area (Å²) in [6.07, 6.45) is 3.13. The number of rotatable bonds is 4. The number of hydrogen-bond acceptors (Lipinski definition) is 6. The van der Waals surface area contributed by atoms with E-state index in [0.29, 0.717) is 37.2 Å². The molecule has 4 aliphatic carbocycles. The fourth-order valence-corrected chi connectivity index (χ4v) is 7.61. The molecule has 4 unspecified atom stereocenters. The van der Waals surface area contributed by atoms with Crippen LogP contribution >= 0.6 is 0 Å². The van der Waals surface area contributed by atoms with Crippen molar-refractivity contribution in [2.75, 3.05) is 0 Å². The van der Waals surface area contributed by atoms with E-state index in [2.05, 4.69) is 0 Å². The molecule has 0 N–H and O–H groups in total. The highest BCUT2D eigenvalue weighted by Gasteiger charge is 2.74. The molecule has 6 heteroatoms. The van der Waals surface area contributed by atoms with E-state index >= 15 is 0 Å². The normalized spacial score (nSPS) is 38.9. The monoisotopic (exact) mass is 466 g/mol. The van der Waals surface area contributed by atoms with E-state index in [9.17, 15) is 19.2 Å². The number of benzene rings is 1. The van der Waals surface area contributed by atoms with Crippen LogP contribution in [0.2, 0.25) is 0 Å². The van der Waals surface area contributed by atoms with Gasteiger partial charge in [-0.25, -0.2) is 0 Å². The maximum atomic E-state index is 13.3. The molecule has 5 rings (SSSR count). The quantitative estimate of drug-likeness (QED) is 0.455. The molecule has 0 amide bonds. The average Bonchev–Trinajstić information content (AvgIpc) is 3.23. The third-order valence-corrected chi connectivity index (χ3v) is 11.4. The molecule has 1 aromatic rings. The Labute approximate surface area is 200 Å². The van der Waals surface area contributed by atoms with Gasteiger partial charge in [-0.15, -0.1) is 0 Å². The lowest BCUT2D eigenvalue weighted by Gasteiger charge is -2.38. The first-order valence-corrected chi connectivity index (χ1v) is 12.3. The van der Waals surface area contributed by atoms with Gasteiger partial charge in [-0.2, -0.15) is 0 Å². The summed E-state index contributed by atoms with van der Waals surface area (Å²) < 4.78 is 11.5. The Morgan fingerprint density at radius 1 is 0.618 bits per heavy atom. The zero-order valence-corrected chi connectivity index (χ0v) is 21.0. The average molecular weight is 467 g/mol. The van der Waals surface area contributed by atoms with Gasteiger partial charge in [0.15, 0.2) is 0 Å². The number of ketones is 2. The number of ether oxygens (including phenoxy) is 2. The van der Waals surface area contributed by atoms with Gasteiger partial charge in [0.05, 0.1) is 10.8 Å². The molecule has 34 heavy (non-hydrogen) atoms. The SMILES string of the molecule is CC12CCC(C(=O)Oc3ccc(OC(=O)C45CCC(C)(C(=O)C4)C5(C)C)cc3)(CC1=O)C2(C)C. The highest BCUT2D eigenvalue weighted by molar-refractivity contribution is 5.99. The van der Waals surface area contributed by atoms with Crippen LogP contribution in [-0.2, 0) is 19.2 Å². The van der Waals surface area contributed by atoms with E-state index in [1.54, 1.807) is 24.3 Å². The third kappa shape index (κ3) is 2.42. The van der Waals surface area contributed by atoms with Crippen molar-refractivity contribution in [1.82, 2.24) is 0 Å². The molecule has 182 valence electrons. The van der Waals surface area contributed by atoms with Crippen LogP contribution in [0.5, 0.6) is 11.5 Å². The summed E-state index contributed by atoms with van der Waals surface area (Å²) >= 11 is 0. The van der Waals surface area contributed by atoms with Gasteiger partial charge < -0.3 is 9.47 Å². The maximum Gasteiger partial charge on any atom is 0.318 e. The summed E-state index contributed by atoms with van der Waals surface area (Å²) in [5.41, 5.74) is -3.53. The molecule has 4 aliphatic rings. The van der Waals surface area contributed by atoms with Crippen molar-refractivity contribution in [2.45, 2.75) is 80.1 Å². The van der Waals surface area contributed by atoms with Crippen LogP contribution in [0.15, 0.2) is 24.3 Å². The molecular formula is C28H34O6. The van der Waals surface area contributed by atoms with Gasteiger partial charge in [-0.05, 0) is 60.8 Å². The number of esters is 2. The number of Topliss-reactive ketones (excluding diaryl/α,β-unsaturated/α-hetero) is 2. The molecule has 4 bridgehead atoms. The first-order chi connectivity index (χ1) is 15.7. The molecule has 0 heterocycles. The first-order valence-electron chi connectivity index (χ1n) is 12.3. The minimum Gasteiger partial charge on any atom is -0.426 e. The zero-order valence-electron chi connectivity index (χ0n) is 21.0. The topological polar surface area (TPSA) is 86.7 Å². The lowest BCUT2D eigenvalue weighted by molar-refractivity contribution is -0.152. The van der Waals surface area contributed by atoms with Gasteiger partial charge in [0.25, 0.3) is 0 Å². The Morgan fingerprint density at radius 2 is 0.941 bits per heavy atom. The highest BCUT2D eigenvalue weighted by atomic mass is 16.5. The molecule has 0 aromatic heterocycles. The molecule has 6 nitrogen and oxygen atoms in total. The van der Waals surface area contributed by atoms with Gasteiger partial charge in [0, 0.05) is 23.7 Å². The predicted octanol–water partition coefficient (Wildman–Crippen LogP) is 5.07. The number of carbonyl (C=O) groups is 4. The fourth-order valence-electron chi connectivity index (χ4n) is 7.61. The van der Waals surface area contributed by atoms with Gasteiger partial charge in [-0.1, -0.05) is 41.5 Å². The van der Waals surface area contributed by atoms with E-state index in [1.807, 2.05) is 41.5 Å². The summed E-state index contributed by atoms with van der Waals surface area (Å²) in [7, 11) is 0. The maximum absolute atomic E-state index is 13.3. The smallest absolute Gasteiger partial charge is 0.318 e. The van der Waals surface area contributed by atoms with Gasteiger partial charge in [0.2, 0.25) is 0 Å². The Bertz CT molecular complexity index is 1040. The van der Waals surface area contributed by atoms with Gasteiger partial charge in [-0.3, -0.25) is 19.2 Å². The molecule has 0 saturated heterocycles. The van der Waals surface area contributed by atoms with Crippen molar-refractivity contribution < 1.29 is 28.7 Å². The molecule has 4 saturated carbocycles. The number of hydrogen-bond donors (Lipinski definition) is 0. The second-order valence-corrected chi connectivity index (χ2v) is 12.5. The molecular weight excluding hydrogens is 432 g/mol. The summed E-state index contributed by atoms with van der Waals surface area (Å²) in [5.74, 6) is 0.244. The van der Waals surface area contributed by atoms with Crippen LogP contribution in [0.1, 0.15) is 80.1 Å². The molecule has 4 atom stereocenters. The zero-order chi connectivity index (χ0) is 24.9. The summed E-state index contributed by atoms with van der Waals surface area (Å²) in [4.78, 5) is 51.8. The van der Waals surface area contributed by atoms with Crippen molar-refractivity contribution in [2.24, 2.45) is 32.5 Å². The Morgan fingerprint density at radius 3 is 1.18 bits per heavy atom. The standard InChI is InChI=1S/C28H34O6/c1-23(2)25(5)11-13-27(23,15-19(25)29)21(31)33-17-7-9-18(10-8-17)34-22(32)28-14-12-26(6,20(30)16-28)24(28,3)4/h7-10H,11-16H2,1-6H3. The predicted molar refractivity (Wildman–Crippen MR) is 124 cm³/mol. The molecule has 0 radical (unpaired) electrons. The van der Waals surface area contributed by atoms with Crippen molar-refractivity contribution in [3.8, 4) is 11.5 Å². The first kappa shape index (κ1) is 23.3. The molecule has 4 fully saturated rings. The van der Waals surface area contributed by atoms with Crippen molar-refractivity contribution in [3.05, 3.63) is 24.3 Å². The summed E-state index contributed by atoms with van der Waals surface area (Å²) in [6.45, 7) is 11.9. The lowest BCUT2D eigenvalue weighted by atomic mass is 9.65. The van der Waals surface area contributed by atoms with Crippen LogP contribution in [0.4, 0.5) is 0 Å². The Balaban J connectivity index is 1.30. The summed E-state index contributed by atoms with van der Waals surface area (Å²) in [5, 5.41) is 0. The van der Waals surface area contributed by atoms with Crippen molar-refractivity contribution in [1.29, 1.82) is 0 Å². The molecule has 0 aliphatic heterocycles. The van der Waals surface area contributed by atoms with Crippen molar-refractivity contribution in [3.63, 3.8) is 0 Å². The van der Waals surface area contributed by atoms with Gasteiger partial charge >= 0.3 is 11.9 Å². The minimum atomic E-state index is -0.807. The van der Waals surface area contributed by atoms with Crippen molar-refractivity contribution >= 4 is 23.5 Å². The number of fused-ring (bicyclic) bond motifs is 4. The van der Waals surface area contributed by atoms with Crippen LogP contribution in [0.3, 0.4) is 0 Å². The fraction of sp³-hybridized carbons (Fsp3) is 0.643. The summed E-state index contributed by atoms with van der Waals surface area (Å²) in [6, 6.07) is 6.43. The molecule has 0 spiro atoms. The lowest BCUT2D eigenvalue weighted by Crippen LogP contribution is -2.42. The van der Waals surface area contributed by atoms with Crippen LogP contribution in [0.25, 0.3) is 0 Å². The van der Waals surface area contributed by atoms with Crippen LogP contribution in [-0.4, -0.2) is 23.5 Å². The molecule has 1 aromatic carbocycles. The Kier molecular flexibility index (Phi) is 4.50. The highest BCUT2D eigenvalue weighted by Crippen LogP contribution is 2.72. The van der Waals surface area contributed by atoms with E-state index in [4.69, 9.17) is 9.47 Å². The second kappa shape index (κ2) is 6.58.